The molecule has 106 valence electrons. The van der Waals surface area contributed by atoms with Crippen molar-refractivity contribution in [2.75, 3.05) is 0 Å². The highest BCUT2D eigenvalue weighted by Gasteiger charge is 2.17. The average Bonchev–Trinajstić information content (AvgIpc) is 2.46. The first-order chi connectivity index (χ1) is 10.1. The van der Waals surface area contributed by atoms with Gasteiger partial charge in [0, 0.05) is 0 Å². The highest BCUT2D eigenvalue weighted by atomic mass is 16.4. The maximum Gasteiger partial charge on any atom is 0.335 e. The summed E-state index contributed by atoms with van der Waals surface area (Å²) >= 11 is 0. The molecule has 0 saturated carbocycles. The van der Waals surface area contributed by atoms with Gasteiger partial charge in [0.15, 0.2) is 0 Å². The molecule has 1 aliphatic carbocycles. The molecule has 2 heteroatoms. The molecule has 0 atom stereocenters. The van der Waals surface area contributed by atoms with E-state index in [1.165, 1.54) is 22.3 Å². The second kappa shape index (κ2) is 5.21. The molecular weight excluding hydrogens is 260 g/mol. The van der Waals surface area contributed by atoms with Crippen LogP contribution in [0, 0.1) is 13.8 Å². The smallest absolute Gasteiger partial charge is 0.335 e. The van der Waals surface area contributed by atoms with E-state index in [1.807, 2.05) is 12.1 Å². The third-order valence-electron chi connectivity index (χ3n) is 4.08. The first-order valence-corrected chi connectivity index (χ1v) is 7.20. The van der Waals surface area contributed by atoms with Crippen LogP contribution < -0.4 is 0 Å². The Labute approximate surface area is 124 Å². The Morgan fingerprint density at radius 3 is 2.57 bits per heavy atom. The van der Waals surface area contributed by atoms with Crippen molar-refractivity contribution in [2.45, 2.75) is 26.7 Å². The number of carboxylic acid groups (broad SMARTS) is 1. The second-order valence-corrected chi connectivity index (χ2v) is 5.65. The van der Waals surface area contributed by atoms with Gasteiger partial charge in [-0.2, -0.15) is 0 Å². The van der Waals surface area contributed by atoms with Gasteiger partial charge in [-0.1, -0.05) is 35.9 Å². The van der Waals surface area contributed by atoms with E-state index in [1.54, 1.807) is 6.07 Å². The largest absolute Gasteiger partial charge is 0.478 e. The lowest BCUT2D eigenvalue weighted by molar-refractivity contribution is 0.0697. The van der Waals surface area contributed by atoms with Crippen molar-refractivity contribution in [2.24, 2.45) is 0 Å². The zero-order chi connectivity index (χ0) is 15.0. The Hall–Kier alpha value is -2.35. The predicted molar refractivity (Wildman–Crippen MR) is 84.7 cm³/mol. The van der Waals surface area contributed by atoms with Crippen LogP contribution in [0.4, 0.5) is 0 Å². The maximum absolute atomic E-state index is 11.2. The number of aryl methyl sites for hydroxylation is 3. The van der Waals surface area contributed by atoms with E-state index in [0.717, 1.165) is 24.0 Å². The standard InChI is InChI=1S/C19H18O2/c1-12-6-9-16(13(2)10-12)17-5-3-4-14-7-8-15(19(20)21)11-18(14)17/h5-11H,3-4H2,1-2H3,(H,20,21). The minimum Gasteiger partial charge on any atom is -0.478 e. The van der Waals surface area contributed by atoms with Crippen molar-refractivity contribution in [3.05, 3.63) is 75.9 Å². The monoisotopic (exact) mass is 278 g/mol. The zero-order valence-electron chi connectivity index (χ0n) is 12.3. The number of fused-ring (bicyclic) bond motifs is 1. The second-order valence-electron chi connectivity index (χ2n) is 5.65. The summed E-state index contributed by atoms with van der Waals surface area (Å²) in [5, 5.41) is 9.21. The van der Waals surface area contributed by atoms with E-state index in [4.69, 9.17) is 0 Å². The van der Waals surface area contributed by atoms with Gasteiger partial charge < -0.3 is 5.11 Å². The van der Waals surface area contributed by atoms with Crippen molar-refractivity contribution in [3.8, 4) is 0 Å². The van der Waals surface area contributed by atoms with E-state index < -0.39 is 5.97 Å². The summed E-state index contributed by atoms with van der Waals surface area (Å²) in [6, 6.07) is 11.9. The van der Waals surface area contributed by atoms with E-state index in [-0.39, 0.29) is 0 Å². The summed E-state index contributed by atoms with van der Waals surface area (Å²) in [6.07, 6.45) is 4.21. The first kappa shape index (κ1) is 13.6. The first-order valence-electron chi connectivity index (χ1n) is 7.20. The van der Waals surface area contributed by atoms with Crippen LogP contribution in [0.5, 0.6) is 0 Å². The number of carbonyl (C=O) groups is 1. The van der Waals surface area contributed by atoms with Gasteiger partial charge in [0.05, 0.1) is 5.56 Å². The minimum atomic E-state index is -0.872. The highest BCUT2D eigenvalue weighted by Crippen LogP contribution is 2.34. The van der Waals surface area contributed by atoms with Gasteiger partial charge >= 0.3 is 5.97 Å². The van der Waals surface area contributed by atoms with Crippen LogP contribution in [0.1, 0.15) is 44.6 Å². The highest BCUT2D eigenvalue weighted by molar-refractivity contribution is 5.91. The topological polar surface area (TPSA) is 37.3 Å². The molecule has 1 N–H and O–H groups in total. The van der Waals surface area contributed by atoms with Crippen LogP contribution in [0.2, 0.25) is 0 Å². The van der Waals surface area contributed by atoms with E-state index in [2.05, 4.69) is 38.1 Å². The van der Waals surface area contributed by atoms with Gasteiger partial charge in [-0.3, -0.25) is 0 Å². The molecule has 3 rings (SSSR count). The Balaban J connectivity index is 2.16. The molecule has 21 heavy (non-hydrogen) atoms. The molecule has 0 unspecified atom stereocenters. The van der Waals surface area contributed by atoms with Crippen LogP contribution >= 0.6 is 0 Å². The predicted octanol–water partition coefficient (Wildman–Crippen LogP) is 4.38. The van der Waals surface area contributed by atoms with Crippen molar-refractivity contribution < 1.29 is 9.90 Å². The SMILES string of the molecule is Cc1ccc(C2=CCCc3ccc(C(=O)O)cc32)c(C)c1. The fourth-order valence-corrected chi connectivity index (χ4v) is 3.03. The molecule has 0 aliphatic heterocycles. The van der Waals surface area contributed by atoms with Crippen molar-refractivity contribution in [1.82, 2.24) is 0 Å². The number of allylic oxidation sites excluding steroid dienone is 1. The molecule has 1 aliphatic rings. The Morgan fingerprint density at radius 1 is 1.05 bits per heavy atom. The zero-order valence-corrected chi connectivity index (χ0v) is 12.3. The summed E-state index contributed by atoms with van der Waals surface area (Å²) in [5.74, 6) is -0.872. The summed E-state index contributed by atoms with van der Waals surface area (Å²) in [6.45, 7) is 4.20. The van der Waals surface area contributed by atoms with Crippen LogP contribution in [0.3, 0.4) is 0 Å². The minimum absolute atomic E-state index is 0.353. The van der Waals surface area contributed by atoms with Gasteiger partial charge in [-0.05, 0) is 66.6 Å². The number of carboxylic acids is 1. The van der Waals surface area contributed by atoms with E-state index >= 15 is 0 Å². The molecule has 2 nitrogen and oxygen atoms in total. The maximum atomic E-state index is 11.2. The van der Waals surface area contributed by atoms with Crippen LogP contribution in [-0.2, 0) is 6.42 Å². The average molecular weight is 278 g/mol. The van der Waals surface area contributed by atoms with Crippen molar-refractivity contribution >= 4 is 11.5 Å². The molecule has 0 heterocycles. The number of aromatic carboxylic acids is 1. The number of rotatable bonds is 2. The van der Waals surface area contributed by atoms with Crippen molar-refractivity contribution in [3.63, 3.8) is 0 Å². The van der Waals surface area contributed by atoms with Crippen molar-refractivity contribution in [1.29, 1.82) is 0 Å². The Bertz CT molecular complexity index is 754. The summed E-state index contributed by atoms with van der Waals surface area (Å²) < 4.78 is 0. The molecule has 2 aromatic rings. The van der Waals surface area contributed by atoms with Crippen LogP contribution in [-0.4, -0.2) is 11.1 Å². The fourth-order valence-electron chi connectivity index (χ4n) is 3.03. The van der Waals surface area contributed by atoms with E-state index in [0.29, 0.717) is 5.56 Å². The van der Waals surface area contributed by atoms with Gasteiger partial charge in [-0.15, -0.1) is 0 Å². The molecule has 2 aromatic carbocycles. The van der Waals surface area contributed by atoms with Gasteiger partial charge in [0.2, 0.25) is 0 Å². The van der Waals surface area contributed by atoms with E-state index in [9.17, 15) is 9.90 Å². The molecule has 0 fully saturated rings. The molecule has 0 aromatic heterocycles. The van der Waals surface area contributed by atoms with Crippen LogP contribution in [0.25, 0.3) is 5.57 Å². The Kier molecular flexibility index (Phi) is 3.38. The fraction of sp³-hybridized carbons (Fsp3) is 0.211. The van der Waals surface area contributed by atoms with Gasteiger partial charge in [0.25, 0.3) is 0 Å². The summed E-state index contributed by atoms with van der Waals surface area (Å²) in [5.41, 5.74) is 7.49. The van der Waals surface area contributed by atoms with Gasteiger partial charge in [0.1, 0.15) is 0 Å². The van der Waals surface area contributed by atoms with Crippen LogP contribution in [0.15, 0.2) is 42.5 Å². The Morgan fingerprint density at radius 2 is 1.86 bits per heavy atom. The lowest BCUT2D eigenvalue weighted by Crippen LogP contribution is -2.05. The molecule has 0 radical (unpaired) electrons. The number of benzene rings is 2. The molecule has 0 spiro atoms. The normalized spacial score (nSPS) is 13.5. The molecule has 0 saturated heterocycles. The summed E-state index contributed by atoms with van der Waals surface area (Å²) in [7, 11) is 0. The number of hydrogen-bond donors (Lipinski definition) is 1. The number of hydrogen-bond acceptors (Lipinski definition) is 1. The lowest BCUT2D eigenvalue weighted by atomic mass is 9.84. The quantitative estimate of drug-likeness (QED) is 0.885. The molecule has 0 bridgehead atoms. The molecular formula is C19H18O2. The lowest BCUT2D eigenvalue weighted by Gasteiger charge is -2.20. The third-order valence-corrected chi connectivity index (χ3v) is 4.08. The molecule has 0 amide bonds. The summed E-state index contributed by atoms with van der Waals surface area (Å²) in [4.78, 5) is 11.2. The van der Waals surface area contributed by atoms with Gasteiger partial charge in [-0.25, -0.2) is 4.79 Å². The third kappa shape index (κ3) is 2.49.